The van der Waals surface area contributed by atoms with E-state index >= 15 is 0 Å². The number of aromatic nitrogens is 1. The second-order valence-corrected chi connectivity index (χ2v) is 5.00. The molecule has 7 nitrogen and oxygen atoms in total. The first-order chi connectivity index (χ1) is 9.10. The smallest absolute Gasteiger partial charge is 0.273 e. The van der Waals surface area contributed by atoms with Gasteiger partial charge in [0.05, 0.1) is 19.3 Å². The molecule has 1 aliphatic rings. The van der Waals surface area contributed by atoms with Gasteiger partial charge in [-0.05, 0) is 0 Å². The summed E-state index contributed by atoms with van der Waals surface area (Å²) in [5.74, 6) is -0.435. The van der Waals surface area contributed by atoms with E-state index in [1.165, 1.54) is 18.3 Å². The van der Waals surface area contributed by atoms with E-state index < -0.39 is 0 Å². The van der Waals surface area contributed by atoms with E-state index in [0.29, 0.717) is 30.5 Å². The number of carbonyl (C=O) groups excluding carboxylic acids is 2. The largest absolute Gasteiger partial charge is 0.394 e. The minimum Gasteiger partial charge on any atom is -0.394 e. The summed E-state index contributed by atoms with van der Waals surface area (Å²) in [5.41, 5.74) is 0.298. The van der Waals surface area contributed by atoms with Gasteiger partial charge in [-0.2, -0.15) is 0 Å². The summed E-state index contributed by atoms with van der Waals surface area (Å²) in [5, 5.41) is 13.6. The molecule has 1 aliphatic heterocycles. The van der Waals surface area contributed by atoms with Crippen LogP contribution in [-0.4, -0.2) is 59.2 Å². The molecule has 2 heterocycles. The summed E-state index contributed by atoms with van der Waals surface area (Å²) in [6, 6.07) is 0. The van der Waals surface area contributed by atoms with E-state index in [-0.39, 0.29) is 24.5 Å². The number of anilines is 1. The van der Waals surface area contributed by atoms with Crippen LogP contribution in [0.3, 0.4) is 0 Å². The van der Waals surface area contributed by atoms with Crippen LogP contribution in [0.1, 0.15) is 17.4 Å². The van der Waals surface area contributed by atoms with Crippen LogP contribution in [0.5, 0.6) is 0 Å². The fourth-order valence-electron chi connectivity index (χ4n) is 1.76. The van der Waals surface area contributed by atoms with Crippen LogP contribution in [0, 0.1) is 0 Å². The first kappa shape index (κ1) is 13.9. The third-order valence-electron chi connectivity index (χ3n) is 2.64. The number of nitrogens with one attached hydrogen (secondary N) is 1. The Kier molecular flexibility index (Phi) is 4.46. The van der Waals surface area contributed by atoms with E-state index in [4.69, 9.17) is 9.84 Å². The lowest BCUT2D eigenvalue weighted by Crippen LogP contribution is -2.47. The zero-order valence-corrected chi connectivity index (χ0v) is 11.3. The van der Waals surface area contributed by atoms with Gasteiger partial charge < -0.3 is 20.1 Å². The van der Waals surface area contributed by atoms with Gasteiger partial charge in [-0.15, -0.1) is 11.3 Å². The van der Waals surface area contributed by atoms with Crippen LogP contribution in [-0.2, 0) is 9.53 Å². The highest BCUT2D eigenvalue weighted by Gasteiger charge is 2.26. The molecule has 0 aromatic carbocycles. The number of rotatable bonds is 3. The van der Waals surface area contributed by atoms with Crippen molar-refractivity contribution < 1.29 is 19.4 Å². The zero-order chi connectivity index (χ0) is 13.8. The third-order valence-corrected chi connectivity index (χ3v) is 3.39. The van der Waals surface area contributed by atoms with Crippen LogP contribution in [0.4, 0.5) is 5.13 Å². The van der Waals surface area contributed by atoms with E-state index in [0.717, 1.165) is 0 Å². The number of amides is 2. The van der Waals surface area contributed by atoms with Crippen molar-refractivity contribution in [3.63, 3.8) is 0 Å². The van der Waals surface area contributed by atoms with Gasteiger partial charge in [0.25, 0.3) is 5.91 Å². The van der Waals surface area contributed by atoms with E-state index in [1.54, 1.807) is 10.3 Å². The van der Waals surface area contributed by atoms with E-state index in [9.17, 15) is 9.59 Å². The molecule has 1 atom stereocenters. The Balaban J connectivity index is 2.02. The highest BCUT2D eigenvalue weighted by atomic mass is 32.1. The Morgan fingerprint density at radius 3 is 3.16 bits per heavy atom. The molecule has 8 heteroatoms. The van der Waals surface area contributed by atoms with Crippen molar-refractivity contribution in [1.82, 2.24) is 9.88 Å². The third kappa shape index (κ3) is 3.49. The van der Waals surface area contributed by atoms with Crippen molar-refractivity contribution in [2.24, 2.45) is 0 Å². The van der Waals surface area contributed by atoms with Gasteiger partial charge in [-0.1, -0.05) is 0 Å². The monoisotopic (exact) mass is 285 g/mol. The molecule has 2 amide bonds. The quantitative estimate of drug-likeness (QED) is 0.811. The maximum absolute atomic E-state index is 12.2. The average Bonchev–Trinajstić information content (AvgIpc) is 2.85. The molecule has 2 rings (SSSR count). The average molecular weight is 285 g/mol. The molecule has 0 aliphatic carbocycles. The molecule has 0 spiro atoms. The molecular formula is C11H15N3O4S. The summed E-state index contributed by atoms with van der Waals surface area (Å²) in [7, 11) is 0. The highest BCUT2D eigenvalue weighted by molar-refractivity contribution is 7.14. The number of thiazole rings is 1. The van der Waals surface area contributed by atoms with Crippen molar-refractivity contribution in [3.8, 4) is 0 Å². The lowest BCUT2D eigenvalue weighted by atomic mass is 10.2. The minimum atomic E-state index is -0.342. The van der Waals surface area contributed by atoms with Crippen LogP contribution in [0.2, 0.25) is 0 Å². The summed E-state index contributed by atoms with van der Waals surface area (Å²) in [6.07, 6.45) is -0.342. The molecule has 0 bridgehead atoms. The molecule has 1 unspecified atom stereocenters. The van der Waals surface area contributed by atoms with Crippen molar-refractivity contribution >= 4 is 28.3 Å². The number of hydrogen-bond acceptors (Lipinski definition) is 6. The Labute approximate surface area is 114 Å². The first-order valence-electron chi connectivity index (χ1n) is 5.85. The van der Waals surface area contributed by atoms with Gasteiger partial charge in [-0.25, -0.2) is 4.98 Å². The maximum Gasteiger partial charge on any atom is 0.273 e. The van der Waals surface area contributed by atoms with Crippen LogP contribution in [0.25, 0.3) is 0 Å². The highest BCUT2D eigenvalue weighted by Crippen LogP contribution is 2.18. The minimum absolute atomic E-state index is 0.113. The van der Waals surface area contributed by atoms with Gasteiger partial charge in [0.15, 0.2) is 5.13 Å². The van der Waals surface area contributed by atoms with Gasteiger partial charge in [-0.3, -0.25) is 9.59 Å². The lowest BCUT2D eigenvalue weighted by Gasteiger charge is -2.31. The number of aliphatic hydroxyl groups excluding tert-OH is 1. The maximum atomic E-state index is 12.2. The van der Waals surface area contributed by atoms with Crippen LogP contribution < -0.4 is 5.32 Å². The predicted octanol–water partition coefficient (Wildman–Crippen LogP) is -0.0652. The van der Waals surface area contributed by atoms with Crippen LogP contribution >= 0.6 is 11.3 Å². The van der Waals surface area contributed by atoms with Crippen molar-refractivity contribution in [2.75, 3.05) is 31.6 Å². The fraction of sp³-hybridized carbons (Fsp3) is 0.545. The summed E-state index contributed by atoms with van der Waals surface area (Å²) < 4.78 is 5.28. The predicted molar refractivity (Wildman–Crippen MR) is 69.1 cm³/mol. The molecule has 0 radical (unpaired) electrons. The topological polar surface area (TPSA) is 91.8 Å². The fourth-order valence-corrected chi connectivity index (χ4v) is 2.49. The van der Waals surface area contributed by atoms with Gasteiger partial charge >= 0.3 is 0 Å². The molecule has 1 fully saturated rings. The molecule has 104 valence electrons. The molecule has 1 aromatic rings. The SMILES string of the molecule is CC(=O)Nc1nc(C(=O)N2CCOC(CO)C2)cs1. The van der Waals surface area contributed by atoms with Crippen molar-refractivity contribution in [2.45, 2.75) is 13.0 Å². The Hall–Kier alpha value is -1.51. The number of nitrogens with zero attached hydrogens (tertiary/aromatic N) is 2. The number of hydrogen-bond donors (Lipinski definition) is 2. The molecule has 1 aromatic heterocycles. The van der Waals surface area contributed by atoms with Crippen molar-refractivity contribution in [3.05, 3.63) is 11.1 Å². The Morgan fingerprint density at radius 1 is 1.68 bits per heavy atom. The standard InChI is InChI=1S/C11H15N3O4S/c1-7(16)12-11-13-9(6-19-11)10(17)14-2-3-18-8(4-14)5-15/h6,8,15H,2-5H2,1H3,(H,12,13,16). The van der Waals surface area contributed by atoms with E-state index in [2.05, 4.69) is 10.3 Å². The Bertz CT molecular complexity index is 476. The zero-order valence-electron chi connectivity index (χ0n) is 10.5. The van der Waals surface area contributed by atoms with Crippen LogP contribution in [0.15, 0.2) is 5.38 Å². The number of morpholine rings is 1. The molecular weight excluding hydrogens is 270 g/mol. The van der Waals surface area contributed by atoms with Gasteiger partial charge in [0.2, 0.25) is 5.91 Å². The van der Waals surface area contributed by atoms with Crippen molar-refractivity contribution in [1.29, 1.82) is 0 Å². The Morgan fingerprint density at radius 2 is 2.47 bits per heavy atom. The summed E-state index contributed by atoms with van der Waals surface area (Å²) in [6.45, 7) is 2.50. The van der Waals surface area contributed by atoms with E-state index in [1.807, 2.05) is 0 Å². The second-order valence-electron chi connectivity index (χ2n) is 4.15. The molecule has 1 saturated heterocycles. The summed E-state index contributed by atoms with van der Waals surface area (Å²) in [4.78, 5) is 28.7. The van der Waals surface area contributed by atoms with Gasteiger partial charge in [0, 0.05) is 25.4 Å². The van der Waals surface area contributed by atoms with Gasteiger partial charge in [0.1, 0.15) is 5.69 Å². The second kappa shape index (κ2) is 6.09. The lowest BCUT2D eigenvalue weighted by molar-refractivity contribution is -0.114. The molecule has 0 saturated carbocycles. The molecule has 19 heavy (non-hydrogen) atoms. The number of aliphatic hydroxyl groups is 1. The number of carbonyl (C=O) groups is 2. The summed E-state index contributed by atoms with van der Waals surface area (Å²) >= 11 is 1.21. The molecule has 2 N–H and O–H groups in total. The first-order valence-corrected chi connectivity index (χ1v) is 6.73. The normalized spacial score (nSPS) is 19.3. The number of ether oxygens (including phenoxy) is 1.